The number of fused-ring (bicyclic) bond motifs is 1. The second kappa shape index (κ2) is 3.92. The SMILES string of the molecule is O=[N+]([O-])c1cccc2cc(-c3cnccn3)[nH]c12. The summed E-state index contributed by atoms with van der Waals surface area (Å²) in [5.41, 5.74) is 1.93. The zero-order valence-electron chi connectivity index (χ0n) is 9.20. The van der Waals surface area contributed by atoms with Crippen molar-refractivity contribution in [1.29, 1.82) is 0 Å². The summed E-state index contributed by atoms with van der Waals surface area (Å²) in [5, 5.41) is 11.7. The van der Waals surface area contributed by atoms with E-state index in [0.29, 0.717) is 16.9 Å². The highest BCUT2D eigenvalue weighted by Crippen LogP contribution is 2.28. The van der Waals surface area contributed by atoms with Crippen molar-refractivity contribution >= 4 is 16.6 Å². The summed E-state index contributed by atoms with van der Waals surface area (Å²) in [6.07, 6.45) is 4.76. The Morgan fingerprint density at radius 2 is 2.17 bits per heavy atom. The molecule has 18 heavy (non-hydrogen) atoms. The highest BCUT2D eigenvalue weighted by atomic mass is 16.6. The fraction of sp³-hybridized carbons (Fsp3) is 0. The molecule has 1 aromatic carbocycles. The zero-order valence-corrected chi connectivity index (χ0v) is 9.20. The Hall–Kier alpha value is -2.76. The average molecular weight is 240 g/mol. The summed E-state index contributed by atoms with van der Waals surface area (Å²) in [6.45, 7) is 0. The van der Waals surface area contributed by atoms with Gasteiger partial charge >= 0.3 is 0 Å². The van der Waals surface area contributed by atoms with Gasteiger partial charge in [0.05, 0.1) is 16.8 Å². The van der Waals surface area contributed by atoms with E-state index in [1.165, 1.54) is 6.07 Å². The summed E-state index contributed by atoms with van der Waals surface area (Å²) in [5.74, 6) is 0. The number of para-hydroxylation sites is 1. The molecule has 88 valence electrons. The Bertz CT molecular complexity index is 721. The lowest BCUT2D eigenvalue weighted by Gasteiger charge is -1.94. The van der Waals surface area contributed by atoms with Crippen LogP contribution in [0, 0.1) is 10.1 Å². The number of benzene rings is 1. The van der Waals surface area contributed by atoms with Crippen molar-refractivity contribution in [2.24, 2.45) is 0 Å². The van der Waals surface area contributed by atoms with Crippen molar-refractivity contribution in [3.63, 3.8) is 0 Å². The van der Waals surface area contributed by atoms with E-state index in [1.807, 2.05) is 12.1 Å². The molecule has 1 N–H and O–H groups in total. The van der Waals surface area contributed by atoms with Crippen LogP contribution in [0.3, 0.4) is 0 Å². The molecule has 0 unspecified atom stereocenters. The van der Waals surface area contributed by atoms with Gasteiger partial charge in [0.1, 0.15) is 11.2 Å². The highest BCUT2D eigenvalue weighted by Gasteiger charge is 2.14. The van der Waals surface area contributed by atoms with Crippen molar-refractivity contribution in [2.75, 3.05) is 0 Å². The number of aromatic nitrogens is 3. The van der Waals surface area contributed by atoms with Crippen LogP contribution in [0.25, 0.3) is 22.3 Å². The van der Waals surface area contributed by atoms with Crippen molar-refractivity contribution in [1.82, 2.24) is 15.0 Å². The van der Waals surface area contributed by atoms with E-state index >= 15 is 0 Å². The van der Waals surface area contributed by atoms with E-state index in [-0.39, 0.29) is 5.69 Å². The second-order valence-corrected chi connectivity index (χ2v) is 3.77. The normalized spacial score (nSPS) is 10.7. The number of H-pyrrole nitrogens is 1. The van der Waals surface area contributed by atoms with E-state index in [9.17, 15) is 10.1 Å². The monoisotopic (exact) mass is 240 g/mol. The molecule has 2 heterocycles. The van der Waals surface area contributed by atoms with E-state index in [2.05, 4.69) is 15.0 Å². The fourth-order valence-corrected chi connectivity index (χ4v) is 1.87. The molecule has 0 aliphatic rings. The Morgan fingerprint density at radius 3 is 2.89 bits per heavy atom. The average Bonchev–Trinajstić information content (AvgIpc) is 2.83. The van der Waals surface area contributed by atoms with Crippen LogP contribution >= 0.6 is 0 Å². The summed E-state index contributed by atoms with van der Waals surface area (Å²) >= 11 is 0. The van der Waals surface area contributed by atoms with Gasteiger partial charge in [0.25, 0.3) is 5.69 Å². The molecular weight excluding hydrogens is 232 g/mol. The van der Waals surface area contributed by atoms with Crippen LogP contribution in [0.2, 0.25) is 0 Å². The van der Waals surface area contributed by atoms with Crippen molar-refractivity contribution in [3.8, 4) is 11.4 Å². The topological polar surface area (TPSA) is 84.7 Å². The number of hydrogen-bond acceptors (Lipinski definition) is 4. The Balaban J connectivity index is 2.23. The van der Waals surface area contributed by atoms with Gasteiger partial charge in [0, 0.05) is 23.8 Å². The summed E-state index contributed by atoms with van der Waals surface area (Å²) in [7, 11) is 0. The predicted octanol–water partition coefficient (Wildman–Crippen LogP) is 2.53. The molecule has 3 rings (SSSR count). The molecule has 6 nitrogen and oxygen atoms in total. The zero-order chi connectivity index (χ0) is 12.5. The first-order valence-electron chi connectivity index (χ1n) is 5.28. The Kier molecular flexibility index (Phi) is 2.26. The van der Waals surface area contributed by atoms with Gasteiger partial charge in [-0.1, -0.05) is 12.1 Å². The number of nitro groups is 1. The minimum absolute atomic E-state index is 0.0580. The van der Waals surface area contributed by atoms with E-state index in [1.54, 1.807) is 24.7 Å². The molecule has 0 radical (unpaired) electrons. The molecule has 0 spiro atoms. The van der Waals surface area contributed by atoms with Crippen molar-refractivity contribution in [3.05, 3.63) is 53.0 Å². The lowest BCUT2D eigenvalue weighted by Crippen LogP contribution is -1.89. The third-order valence-corrected chi connectivity index (χ3v) is 2.67. The molecule has 0 amide bonds. The fourth-order valence-electron chi connectivity index (χ4n) is 1.87. The third kappa shape index (κ3) is 1.60. The quantitative estimate of drug-likeness (QED) is 0.551. The van der Waals surface area contributed by atoms with Gasteiger partial charge in [0.2, 0.25) is 0 Å². The van der Waals surface area contributed by atoms with Crippen LogP contribution in [-0.4, -0.2) is 19.9 Å². The molecule has 2 aromatic heterocycles. The maximum atomic E-state index is 10.9. The van der Waals surface area contributed by atoms with Gasteiger partial charge in [-0.3, -0.25) is 20.1 Å². The van der Waals surface area contributed by atoms with Crippen LogP contribution < -0.4 is 0 Å². The molecule has 3 aromatic rings. The number of nitrogens with one attached hydrogen (secondary N) is 1. The lowest BCUT2D eigenvalue weighted by atomic mass is 10.2. The van der Waals surface area contributed by atoms with Gasteiger partial charge < -0.3 is 4.98 Å². The molecule has 0 aliphatic heterocycles. The standard InChI is InChI=1S/C12H8N4O2/c17-16(18)11-3-1-2-8-6-9(15-12(8)11)10-7-13-4-5-14-10/h1-7,15H. The van der Waals surface area contributed by atoms with Gasteiger partial charge in [-0.2, -0.15) is 0 Å². The molecule has 0 saturated heterocycles. The van der Waals surface area contributed by atoms with E-state index in [4.69, 9.17) is 0 Å². The first-order valence-corrected chi connectivity index (χ1v) is 5.28. The van der Waals surface area contributed by atoms with Crippen LogP contribution in [0.5, 0.6) is 0 Å². The predicted molar refractivity (Wildman–Crippen MR) is 66.0 cm³/mol. The number of nitrogens with zero attached hydrogens (tertiary/aromatic N) is 3. The van der Waals surface area contributed by atoms with Crippen LogP contribution in [0.15, 0.2) is 42.9 Å². The third-order valence-electron chi connectivity index (χ3n) is 2.67. The molecular formula is C12H8N4O2. The van der Waals surface area contributed by atoms with Gasteiger partial charge in [-0.05, 0) is 6.07 Å². The Labute approximate surface area is 101 Å². The first kappa shape index (κ1) is 10.4. The molecule has 0 bridgehead atoms. The first-order chi connectivity index (χ1) is 8.75. The summed E-state index contributed by atoms with van der Waals surface area (Å²) in [6, 6.07) is 6.78. The molecule has 6 heteroatoms. The molecule has 0 aliphatic carbocycles. The lowest BCUT2D eigenvalue weighted by molar-refractivity contribution is -0.383. The summed E-state index contributed by atoms with van der Waals surface area (Å²) < 4.78 is 0. The smallest absolute Gasteiger partial charge is 0.293 e. The number of aromatic amines is 1. The number of hydrogen-bond donors (Lipinski definition) is 1. The van der Waals surface area contributed by atoms with Crippen LogP contribution in [0.1, 0.15) is 0 Å². The number of rotatable bonds is 2. The highest BCUT2D eigenvalue weighted by molar-refractivity contribution is 5.91. The molecule has 0 fully saturated rings. The maximum Gasteiger partial charge on any atom is 0.293 e. The van der Waals surface area contributed by atoms with Crippen LogP contribution in [-0.2, 0) is 0 Å². The largest absolute Gasteiger partial charge is 0.348 e. The second-order valence-electron chi connectivity index (χ2n) is 3.77. The van der Waals surface area contributed by atoms with Gasteiger partial charge in [-0.15, -0.1) is 0 Å². The molecule has 0 saturated carbocycles. The summed E-state index contributed by atoms with van der Waals surface area (Å²) in [4.78, 5) is 21.7. The van der Waals surface area contributed by atoms with Gasteiger partial charge in [0.15, 0.2) is 0 Å². The minimum Gasteiger partial charge on any atom is -0.348 e. The number of nitro benzene ring substituents is 1. The maximum absolute atomic E-state index is 10.9. The molecule has 0 atom stereocenters. The van der Waals surface area contributed by atoms with Gasteiger partial charge in [-0.25, -0.2) is 0 Å². The van der Waals surface area contributed by atoms with Crippen molar-refractivity contribution in [2.45, 2.75) is 0 Å². The van der Waals surface area contributed by atoms with Crippen LogP contribution in [0.4, 0.5) is 5.69 Å². The Morgan fingerprint density at radius 1 is 1.28 bits per heavy atom. The number of non-ortho nitro benzene ring substituents is 1. The minimum atomic E-state index is -0.403. The van der Waals surface area contributed by atoms with E-state index in [0.717, 1.165) is 5.39 Å². The van der Waals surface area contributed by atoms with E-state index < -0.39 is 4.92 Å². The van der Waals surface area contributed by atoms with Crippen molar-refractivity contribution < 1.29 is 4.92 Å².